The molecule has 0 saturated carbocycles. The van der Waals surface area contributed by atoms with E-state index in [9.17, 15) is 9.18 Å². The Morgan fingerprint density at radius 2 is 2.06 bits per heavy atom. The monoisotopic (exact) mass is 256 g/mol. The van der Waals surface area contributed by atoms with Crippen molar-refractivity contribution in [2.45, 2.75) is 31.1 Å². The van der Waals surface area contributed by atoms with Gasteiger partial charge in [0.1, 0.15) is 5.82 Å². The third-order valence-electron chi connectivity index (χ3n) is 2.15. The lowest BCUT2D eigenvalue weighted by molar-refractivity contribution is -0.143. The predicted octanol–water partition coefficient (Wildman–Crippen LogP) is 3.65. The van der Waals surface area contributed by atoms with Crippen molar-refractivity contribution in [3.63, 3.8) is 0 Å². The maximum atomic E-state index is 12.6. The van der Waals surface area contributed by atoms with Gasteiger partial charge in [0.25, 0.3) is 0 Å². The topological polar surface area (TPSA) is 26.3 Å². The van der Waals surface area contributed by atoms with Crippen LogP contribution in [0.25, 0.3) is 0 Å². The van der Waals surface area contributed by atoms with Crippen LogP contribution in [0.1, 0.15) is 26.2 Å². The highest BCUT2D eigenvalue weighted by Crippen LogP contribution is 2.18. The van der Waals surface area contributed by atoms with Gasteiger partial charge in [0, 0.05) is 10.6 Å². The van der Waals surface area contributed by atoms with Gasteiger partial charge in [-0.25, -0.2) is 4.39 Å². The molecule has 2 nitrogen and oxygen atoms in total. The molecule has 94 valence electrons. The summed E-state index contributed by atoms with van der Waals surface area (Å²) in [5.74, 6) is 0.262. The molecule has 0 N–H and O–H groups in total. The fourth-order valence-electron chi connectivity index (χ4n) is 1.19. The maximum absolute atomic E-state index is 12.6. The molecule has 1 rings (SSSR count). The summed E-state index contributed by atoms with van der Waals surface area (Å²) >= 11 is 1.53. The van der Waals surface area contributed by atoms with Gasteiger partial charge in [0.15, 0.2) is 0 Å². The van der Waals surface area contributed by atoms with Gasteiger partial charge >= 0.3 is 5.97 Å². The van der Waals surface area contributed by atoms with Gasteiger partial charge in [0.05, 0.1) is 13.0 Å². The fraction of sp³-hybridized carbons (Fsp3) is 0.462. The summed E-state index contributed by atoms with van der Waals surface area (Å²) in [6.07, 6.45) is 2.33. The van der Waals surface area contributed by atoms with Crippen LogP contribution in [0.5, 0.6) is 0 Å². The van der Waals surface area contributed by atoms with E-state index in [0.717, 1.165) is 17.7 Å². The highest BCUT2D eigenvalue weighted by molar-refractivity contribution is 7.99. The summed E-state index contributed by atoms with van der Waals surface area (Å²) in [5.41, 5.74) is 0. The zero-order valence-corrected chi connectivity index (χ0v) is 10.8. The Morgan fingerprint density at radius 3 is 2.71 bits per heavy atom. The molecule has 1 aromatic rings. The molecule has 4 heteroatoms. The second-order valence-corrected chi connectivity index (χ2v) is 4.79. The largest absolute Gasteiger partial charge is 0.466 e. The Hall–Kier alpha value is -1.03. The number of carbonyl (C=O) groups is 1. The molecule has 0 aliphatic carbocycles. The highest BCUT2D eigenvalue weighted by atomic mass is 32.2. The summed E-state index contributed by atoms with van der Waals surface area (Å²) in [5, 5.41) is 0. The van der Waals surface area contributed by atoms with Gasteiger partial charge in [-0.1, -0.05) is 13.3 Å². The van der Waals surface area contributed by atoms with Crippen LogP contribution in [0.3, 0.4) is 0 Å². The third kappa shape index (κ3) is 6.31. The van der Waals surface area contributed by atoms with Crippen molar-refractivity contribution in [2.24, 2.45) is 0 Å². The smallest absolute Gasteiger partial charge is 0.306 e. The zero-order chi connectivity index (χ0) is 12.5. The normalized spacial score (nSPS) is 10.2. The lowest BCUT2D eigenvalue weighted by Crippen LogP contribution is -2.06. The zero-order valence-electron chi connectivity index (χ0n) is 9.95. The van der Waals surface area contributed by atoms with E-state index in [0.29, 0.717) is 18.8 Å². The SMILES string of the molecule is CCCCOC(=O)CCSc1ccc(F)cc1. The number of unbranched alkanes of at least 4 members (excludes halogenated alkanes) is 1. The first kappa shape index (κ1) is 14.0. The maximum Gasteiger partial charge on any atom is 0.306 e. The van der Waals surface area contributed by atoms with Crippen LogP contribution in [-0.4, -0.2) is 18.3 Å². The average molecular weight is 256 g/mol. The van der Waals surface area contributed by atoms with Crippen LogP contribution in [0.15, 0.2) is 29.2 Å². The Bertz CT molecular complexity index is 338. The van der Waals surface area contributed by atoms with Crippen LogP contribution in [0.4, 0.5) is 4.39 Å². The second kappa shape index (κ2) is 8.12. The van der Waals surface area contributed by atoms with E-state index in [4.69, 9.17) is 4.74 Å². The molecule has 0 unspecified atom stereocenters. The lowest BCUT2D eigenvalue weighted by Gasteiger charge is -2.03. The summed E-state index contributed by atoms with van der Waals surface area (Å²) in [6, 6.07) is 6.26. The van der Waals surface area contributed by atoms with E-state index in [2.05, 4.69) is 6.92 Å². The first-order valence-corrected chi connectivity index (χ1v) is 6.75. The van der Waals surface area contributed by atoms with E-state index in [1.54, 1.807) is 12.1 Å². The molecule has 0 amide bonds. The summed E-state index contributed by atoms with van der Waals surface area (Å²) in [7, 11) is 0. The van der Waals surface area contributed by atoms with Gasteiger partial charge in [-0.05, 0) is 30.7 Å². The number of hydrogen-bond donors (Lipinski definition) is 0. The minimum absolute atomic E-state index is 0.159. The number of benzene rings is 1. The summed E-state index contributed by atoms with van der Waals surface area (Å²) in [6.45, 7) is 2.56. The number of thioether (sulfide) groups is 1. The standard InChI is InChI=1S/C13H17FO2S/c1-2-3-9-16-13(15)8-10-17-12-6-4-11(14)5-7-12/h4-7H,2-3,8-10H2,1H3. The van der Waals surface area contributed by atoms with E-state index < -0.39 is 0 Å². The summed E-state index contributed by atoms with van der Waals surface area (Å²) in [4.78, 5) is 12.2. The van der Waals surface area contributed by atoms with Crippen LogP contribution in [-0.2, 0) is 9.53 Å². The van der Waals surface area contributed by atoms with Gasteiger partial charge in [0.2, 0.25) is 0 Å². The molecule has 0 bridgehead atoms. The van der Waals surface area contributed by atoms with Crippen molar-refractivity contribution in [3.8, 4) is 0 Å². The number of halogens is 1. The van der Waals surface area contributed by atoms with Gasteiger partial charge < -0.3 is 4.74 Å². The Balaban J connectivity index is 2.14. The molecular weight excluding hydrogens is 239 g/mol. The van der Waals surface area contributed by atoms with Crippen molar-refractivity contribution in [3.05, 3.63) is 30.1 Å². The Labute approximate surface area is 106 Å². The molecular formula is C13H17FO2S. The highest BCUT2D eigenvalue weighted by Gasteiger charge is 2.03. The number of carbonyl (C=O) groups excluding carboxylic acids is 1. The summed E-state index contributed by atoms with van der Waals surface area (Å²) < 4.78 is 17.7. The van der Waals surface area contributed by atoms with Gasteiger partial charge in [-0.15, -0.1) is 11.8 Å². The Kier molecular flexibility index (Phi) is 6.70. The van der Waals surface area contributed by atoms with Crippen molar-refractivity contribution in [1.29, 1.82) is 0 Å². The van der Waals surface area contributed by atoms with Gasteiger partial charge in [-0.2, -0.15) is 0 Å². The molecule has 0 heterocycles. The fourth-order valence-corrected chi connectivity index (χ4v) is 2.02. The van der Waals surface area contributed by atoms with Crippen LogP contribution in [0, 0.1) is 5.82 Å². The number of hydrogen-bond acceptors (Lipinski definition) is 3. The quantitative estimate of drug-likeness (QED) is 0.423. The third-order valence-corrected chi connectivity index (χ3v) is 3.16. The lowest BCUT2D eigenvalue weighted by atomic mass is 10.3. The van der Waals surface area contributed by atoms with E-state index in [1.807, 2.05) is 0 Å². The molecule has 1 aromatic carbocycles. The first-order valence-electron chi connectivity index (χ1n) is 5.76. The predicted molar refractivity (Wildman–Crippen MR) is 67.6 cm³/mol. The van der Waals surface area contributed by atoms with E-state index >= 15 is 0 Å². The molecule has 0 aliphatic heterocycles. The van der Waals surface area contributed by atoms with E-state index in [-0.39, 0.29) is 11.8 Å². The van der Waals surface area contributed by atoms with Crippen molar-refractivity contribution in [1.82, 2.24) is 0 Å². The molecule has 0 atom stereocenters. The van der Waals surface area contributed by atoms with Crippen molar-refractivity contribution < 1.29 is 13.9 Å². The minimum Gasteiger partial charge on any atom is -0.466 e. The average Bonchev–Trinajstić information content (AvgIpc) is 2.32. The molecule has 0 saturated heterocycles. The Morgan fingerprint density at radius 1 is 1.35 bits per heavy atom. The number of ether oxygens (including phenoxy) is 1. The van der Waals surface area contributed by atoms with Gasteiger partial charge in [-0.3, -0.25) is 4.79 Å². The molecule has 0 aliphatic rings. The van der Waals surface area contributed by atoms with Crippen LogP contribution < -0.4 is 0 Å². The molecule has 0 fully saturated rings. The molecule has 0 aromatic heterocycles. The first-order chi connectivity index (χ1) is 8.22. The van der Waals surface area contributed by atoms with Crippen LogP contribution in [0.2, 0.25) is 0 Å². The van der Waals surface area contributed by atoms with E-state index in [1.165, 1.54) is 23.9 Å². The van der Waals surface area contributed by atoms with Crippen LogP contribution >= 0.6 is 11.8 Å². The molecule has 17 heavy (non-hydrogen) atoms. The number of rotatable bonds is 7. The number of esters is 1. The molecule has 0 spiro atoms. The minimum atomic E-state index is -0.242. The second-order valence-electron chi connectivity index (χ2n) is 3.63. The molecule has 0 radical (unpaired) electrons. The van der Waals surface area contributed by atoms with Crippen molar-refractivity contribution >= 4 is 17.7 Å². The van der Waals surface area contributed by atoms with Crippen molar-refractivity contribution in [2.75, 3.05) is 12.4 Å².